The molecule has 0 N–H and O–H groups in total. The first-order valence-corrected chi connectivity index (χ1v) is 6.78. The highest BCUT2D eigenvalue weighted by molar-refractivity contribution is 6.28. The van der Waals surface area contributed by atoms with Crippen molar-refractivity contribution < 1.29 is 4.39 Å². The molecule has 0 amide bonds. The summed E-state index contributed by atoms with van der Waals surface area (Å²) in [5, 5.41) is 0.0961. The fraction of sp³-hybridized carbons (Fsp3) is 0.200. The third-order valence-corrected chi connectivity index (χ3v) is 3.53. The molecule has 0 saturated heterocycles. The average Bonchev–Trinajstić information content (AvgIpc) is 2.40. The predicted molar refractivity (Wildman–Crippen MR) is 79.7 cm³/mol. The molecule has 2 heterocycles. The summed E-state index contributed by atoms with van der Waals surface area (Å²) in [5.74, 6) is -0.293. The van der Waals surface area contributed by atoms with Crippen molar-refractivity contribution in [3.63, 3.8) is 0 Å². The molecule has 106 valence electrons. The molecular weight excluding hydrogens is 291 g/mol. The van der Waals surface area contributed by atoms with E-state index in [0.29, 0.717) is 16.9 Å². The molecule has 6 heteroatoms. The van der Waals surface area contributed by atoms with E-state index in [1.54, 1.807) is 6.07 Å². The van der Waals surface area contributed by atoms with E-state index in [9.17, 15) is 4.39 Å². The Kier molecular flexibility index (Phi) is 3.29. The maximum Gasteiger partial charge on any atom is 0.225 e. The fourth-order valence-corrected chi connectivity index (χ4v) is 2.33. The van der Waals surface area contributed by atoms with Gasteiger partial charge in [0.2, 0.25) is 5.28 Å². The zero-order valence-corrected chi connectivity index (χ0v) is 12.5. The van der Waals surface area contributed by atoms with Gasteiger partial charge in [0.25, 0.3) is 0 Å². The van der Waals surface area contributed by atoms with Crippen molar-refractivity contribution in [2.24, 2.45) is 0 Å². The van der Waals surface area contributed by atoms with Crippen LogP contribution in [0.2, 0.25) is 5.28 Å². The molecule has 0 fully saturated rings. The van der Waals surface area contributed by atoms with E-state index >= 15 is 0 Å². The van der Waals surface area contributed by atoms with Gasteiger partial charge in [-0.1, -0.05) is 0 Å². The van der Waals surface area contributed by atoms with Crippen LogP contribution >= 0.6 is 11.6 Å². The van der Waals surface area contributed by atoms with E-state index in [1.807, 2.05) is 20.8 Å². The standard InChI is InChI=1S/C15H12ClFN4/c1-7-6-10(17)4-5-11(7)12-13-14(21-15(16)20-12)19-9(3)8(2)18-13/h4-6H,1-3H3. The van der Waals surface area contributed by atoms with Gasteiger partial charge in [0.15, 0.2) is 5.65 Å². The van der Waals surface area contributed by atoms with E-state index in [4.69, 9.17) is 11.6 Å². The van der Waals surface area contributed by atoms with Crippen molar-refractivity contribution in [1.82, 2.24) is 19.9 Å². The highest BCUT2D eigenvalue weighted by Gasteiger charge is 2.15. The normalized spacial score (nSPS) is 11.1. The second kappa shape index (κ2) is 5.00. The molecule has 3 aromatic rings. The highest BCUT2D eigenvalue weighted by Crippen LogP contribution is 2.28. The first kappa shape index (κ1) is 13.8. The van der Waals surface area contributed by atoms with Gasteiger partial charge in [0, 0.05) is 5.56 Å². The molecule has 0 spiro atoms. The molecule has 3 rings (SSSR count). The molecule has 0 radical (unpaired) electrons. The van der Waals surface area contributed by atoms with Crippen molar-refractivity contribution in [3.05, 3.63) is 46.3 Å². The summed E-state index contributed by atoms with van der Waals surface area (Å²) < 4.78 is 13.3. The summed E-state index contributed by atoms with van der Waals surface area (Å²) in [5.41, 5.74) is 4.69. The maximum absolute atomic E-state index is 13.3. The van der Waals surface area contributed by atoms with Crippen LogP contribution in [0.3, 0.4) is 0 Å². The Hall–Kier alpha value is -2.14. The van der Waals surface area contributed by atoms with Crippen molar-refractivity contribution in [3.8, 4) is 11.3 Å². The second-order valence-corrected chi connectivity index (χ2v) is 5.21. The minimum atomic E-state index is -0.293. The van der Waals surface area contributed by atoms with Crippen molar-refractivity contribution in [2.45, 2.75) is 20.8 Å². The maximum atomic E-state index is 13.3. The minimum absolute atomic E-state index is 0.0961. The van der Waals surface area contributed by atoms with Crippen molar-refractivity contribution >= 4 is 22.8 Å². The summed E-state index contributed by atoms with van der Waals surface area (Å²) >= 11 is 5.99. The molecule has 0 saturated carbocycles. The van der Waals surface area contributed by atoms with Gasteiger partial charge in [-0.2, -0.15) is 4.98 Å². The smallest absolute Gasteiger partial charge is 0.225 e. The summed E-state index contributed by atoms with van der Waals surface area (Å²) in [4.78, 5) is 17.3. The van der Waals surface area contributed by atoms with Crippen molar-refractivity contribution in [1.29, 1.82) is 0 Å². The summed E-state index contributed by atoms with van der Waals surface area (Å²) in [7, 11) is 0. The van der Waals surface area contributed by atoms with Gasteiger partial charge in [0.05, 0.1) is 11.4 Å². The molecular formula is C15H12ClFN4. The molecule has 0 aliphatic heterocycles. The van der Waals surface area contributed by atoms with Crippen LogP contribution in [0, 0.1) is 26.6 Å². The lowest BCUT2D eigenvalue weighted by Gasteiger charge is -2.09. The van der Waals surface area contributed by atoms with Gasteiger partial charge < -0.3 is 0 Å². The van der Waals surface area contributed by atoms with Crippen LogP contribution < -0.4 is 0 Å². The van der Waals surface area contributed by atoms with Crippen molar-refractivity contribution in [2.75, 3.05) is 0 Å². The predicted octanol–water partition coefficient (Wildman–Crippen LogP) is 3.80. The zero-order chi connectivity index (χ0) is 15.1. The van der Waals surface area contributed by atoms with Crippen LogP contribution in [0.25, 0.3) is 22.4 Å². The number of hydrogen-bond acceptors (Lipinski definition) is 4. The van der Waals surface area contributed by atoms with Gasteiger partial charge in [-0.15, -0.1) is 0 Å². The van der Waals surface area contributed by atoms with Crippen LogP contribution in [0.4, 0.5) is 4.39 Å². The van der Waals surface area contributed by atoms with Gasteiger partial charge in [-0.3, -0.25) is 0 Å². The quantitative estimate of drug-likeness (QED) is 0.642. The van der Waals surface area contributed by atoms with E-state index < -0.39 is 0 Å². The number of rotatable bonds is 1. The number of nitrogens with zero attached hydrogens (tertiary/aromatic N) is 4. The largest absolute Gasteiger partial charge is 0.246 e. The van der Waals surface area contributed by atoms with Gasteiger partial charge in [-0.25, -0.2) is 19.3 Å². The minimum Gasteiger partial charge on any atom is -0.246 e. The van der Waals surface area contributed by atoms with E-state index in [0.717, 1.165) is 22.5 Å². The van der Waals surface area contributed by atoms with Crippen LogP contribution in [0.5, 0.6) is 0 Å². The summed E-state index contributed by atoms with van der Waals surface area (Å²) in [6.07, 6.45) is 0. The highest BCUT2D eigenvalue weighted by atomic mass is 35.5. The Morgan fingerprint density at radius 3 is 2.38 bits per heavy atom. The third kappa shape index (κ3) is 2.45. The number of halogens is 2. The van der Waals surface area contributed by atoms with Crippen LogP contribution in [-0.4, -0.2) is 19.9 Å². The average molecular weight is 303 g/mol. The molecule has 0 atom stereocenters. The lowest BCUT2D eigenvalue weighted by molar-refractivity contribution is 0.627. The molecule has 0 unspecified atom stereocenters. The van der Waals surface area contributed by atoms with Crippen LogP contribution in [0.1, 0.15) is 17.0 Å². The number of aromatic nitrogens is 4. The molecule has 2 aromatic heterocycles. The Morgan fingerprint density at radius 2 is 1.67 bits per heavy atom. The monoisotopic (exact) mass is 302 g/mol. The van der Waals surface area contributed by atoms with Crippen LogP contribution in [-0.2, 0) is 0 Å². The molecule has 0 bridgehead atoms. The first-order chi connectivity index (χ1) is 9.95. The molecule has 4 nitrogen and oxygen atoms in total. The Morgan fingerprint density at radius 1 is 0.952 bits per heavy atom. The molecule has 0 aliphatic carbocycles. The Labute approximate surface area is 126 Å². The SMILES string of the molecule is Cc1cc(F)ccc1-c1nc(Cl)nc2nc(C)c(C)nc12. The van der Waals surface area contributed by atoms with E-state index in [1.165, 1.54) is 12.1 Å². The Balaban J connectivity index is 2.38. The first-order valence-electron chi connectivity index (χ1n) is 6.40. The van der Waals surface area contributed by atoms with Gasteiger partial charge in [0.1, 0.15) is 17.0 Å². The molecule has 21 heavy (non-hydrogen) atoms. The topological polar surface area (TPSA) is 51.6 Å². The lowest BCUT2D eigenvalue weighted by atomic mass is 10.0. The summed E-state index contributed by atoms with van der Waals surface area (Å²) in [6.45, 7) is 5.55. The Bertz CT molecular complexity index is 864. The lowest BCUT2D eigenvalue weighted by Crippen LogP contribution is -2.01. The van der Waals surface area contributed by atoms with Crippen LogP contribution in [0.15, 0.2) is 18.2 Å². The van der Waals surface area contributed by atoms with Gasteiger partial charge in [-0.05, 0) is 56.1 Å². The number of aryl methyl sites for hydroxylation is 3. The third-order valence-electron chi connectivity index (χ3n) is 3.36. The number of benzene rings is 1. The zero-order valence-electron chi connectivity index (χ0n) is 11.8. The second-order valence-electron chi connectivity index (χ2n) is 4.87. The van der Waals surface area contributed by atoms with E-state index in [-0.39, 0.29) is 11.1 Å². The fourth-order valence-electron chi connectivity index (χ4n) is 2.17. The number of fused-ring (bicyclic) bond motifs is 1. The summed E-state index contributed by atoms with van der Waals surface area (Å²) in [6, 6.07) is 4.50. The molecule has 1 aromatic carbocycles. The van der Waals surface area contributed by atoms with Gasteiger partial charge >= 0.3 is 0 Å². The van der Waals surface area contributed by atoms with E-state index in [2.05, 4.69) is 19.9 Å². The number of hydrogen-bond donors (Lipinski definition) is 0. The molecule has 0 aliphatic rings.